The maximum absolute atomic E-state index is 12.4. The first-order valence-electron chi connectivity index (χ1n) is 6.28. The van der Waals surface area contributed by atoms with Crippen LogP contribution in [0.15, 0.2) is 12.3 Å². The molecule has 1 heterocycles. The second kappa shape index (κ2) is 5.22. The van der Waals surface area contributed by atoms with Crippen molar-refractivity contribution in [1.29, 1.82) is 0 Å². The van der Waals surface area contributed by atoms with E-state index in [1.165, 1.54) is 19.5 Å². The summed E-state index contributed by atoms with van der Waals surface area (Å²) in [5.41, 5.74) is -0.980. The van der Waals surface area contributed by atoms with Crippen molar-refractivity contribution >= 4 is 5.91 Å². The summed E-state index contributed by atoms with van der Waals surface area (Å²) in [5.74, 6) is 0.211. The van der Waals surface area contributed by atoms with E-state index in [1.54, 1.807) is 0 Å². The molecule has 19 heavy (non-hydrogen) atoms. The molecule has 0 aromatic carbocycles. The van der Waals surface area contributed by atoms with E-state index in [4.69, 9.17) is 0 Å². The molecule has 0 unspecified atom stereocenters. The third kappa shape index (κ3) is 3.27. The number of hydrogen-bond acceptors (Lipinski definition) is 2. The van der Waals surface area contributed by atoms with Crippen molar-refractivity contribution in [3.8, 4) is 0 Å². The van der Waals surface area contributed by atoms with Gasteiger partial charge in [0.1, 0.15) is 6.04 Å². The number of hydrogen-bond donors (Lipinski definition) is 1. The van der Waals surface area contributed by atoms with Crippen molar-refractivity contribution in [1.82, 2.24) is 15.1 Å². The van der Waals surface area contributed by atoms with E-state index in [9.17, 15) is 18.0 Å². The molecule has 0 aliphatic heterocycles. The first-order valence-corrected chi connectivity index (χ1v) is 6.28. The standard InChI is InChI=1S/C12H16F3N3O/c1-8(11(19)16-7-9-3-2-4-9)18-6-5-10(17-18)12(13,14)15/h5-6,8-9H,2-4,7H2,1H3,(H,16,19)/t8-/m0/s1. The summed E-state index contributed by atoms with van der Waals surface area (Å²) in [6.07, 6.45) is 0.0945. The molecule has 4 nitrogen and oxygen atoms in total. The lowest BCUT2D eigenvalue weighted by Gasteiger charge is -2.26. The van der Waals surface area contributed by atoms with Crippen molar-refractivity contribution < 1.29 is 18.0 Å². The molecule has 1 aliphatic carbocycles. The molecule has 1 amide bonds. The summed E-state index contributed by atoms with van der Waals surface area (Å²) in [4.78, 5) is 11.8. The minimum absolute atomic E-state index is 0.302. The molecule has 1 atom stereocenters. The van der Waals surface area contributed by atoms with Gasteiger partial charge in [0.2, 0.25) is 5.91 Å². The Balaban J connectivity index is 1.92. The molecule has 7 heteroatoms. The van der Waals surface area contributed by atoms with Crippen LogP contribution in [-0.2, 0) is 11.0 Å². The quantitative estimate of drug-likeness (QED) is 0.917. The number of alkyl halides is 3. The highest BCUT2D eigenvalue weighted by Gasteiger charge is 2.34. The molecule has 106 valence electrons. The zero-order valence-corrected chi connectivity index (χ0v) is 10.6. The number of carbonyl (C=O) groups excluding carboxylic acids is 1. The molecule has 1 aromatic rings. The van der Waals surface area contributed by atoms with Crippen molar-refractivity contribution in [2.24, 2.45) is 5.92 Å². The highest BCUT2D eigenvalue weighted by Crippen LogP contribution is 2.28. The second-order valence-electron chi connectivity index (χ2n) is 4.90. The maximum Gasteiger partial charge on any atom is 0.435 e. The van der Waals surface area contributed by atoms with Crippen LogP contribution in [0.4, 0.5) is 13.2 Å². The molecular weight excluding hydrogens is 259 g/mol. The van der Waals surface area contributed by atoms with Crippen LogP contribution in [0.25, 0.3) is 0 Å². The van der Waals surface area contributed by atoms with E-state index in [-0.39, 0.29) is 5.91 Å². The largest absolute Gasteiger partial charge is 0.435 e. The van der Waals surface area contributed by atoms with Crippen LogP contribution in [0.1, 0.15) is 37.9 Å². The molecule has 0 bridgehead atoms. The SMILES string of the molecule is C[C@@H](C(=O)NCC1CCC1)n1ccc(C(F)(F)F)n1. The van der Waals surface area contributed by atoms with Crippen LogP contribution >= 0.6 is 0 Å². The topological polar surface area (TPSA) is 46.9 Å². The summed E-state index contributed by atoms with van der Waals surface area (Å²) >= 11 is 0. The fraction of sp³-hybridized carbons (Fsp3) is 0.667. The molecule has 2 rings (SSSR count). The first-order chi connectivity index (χ1) is 8.88. The molecule has 1 fully saturated rings. The number of aromatic nitrogens is 2. The van der Waals surface area contributed by atoms with Gasteiger partial charge in [-0.1, -0.05) is 6.42 Å². The average Bonchev–Trinajstić information content (AvgIpc) is 2.74. The summed E-state index contributed by atoms with van der Waals surface area (Å²) in [6.45, 7) is 2.12. The van der Waals surface area contributed by atoms with E-state index in [0.717, 1.165) is 23.6 Å². The van der Waals surface area contributed by atoms with Crippen molar-refractivity contribution in [2.45, 2.75) is 38.4 Å². The van der Waals surface area contributed by atoms with Crippen LogP contribution < -0.4 is 5.32 Å². The molecule has 1 aromatic heterocycles. The minimum Gasteiger partial charge on any atom is -0.354 e. The fourth-order valence-corrected chi connectivity index (χ4v) is 1.91. The summed E-state index contributed by atoms with van der Waals surface area (Å²) in [7, 11) is 0. The Kier molecular flexibility index (Phi) is 3.82. The summed E-state index contributed by atoms with van der Waals surface area (Å²) in [6, 6.07) is 0.131. The van der Waals surface area contributed by atoms with Gasteiger partial charge in [-0.05, 0) is 31.7 Å². The summed E-state index contributed by atoms with van der Waals surface area (Å²) < 4.78 is 38.2. The summed E-state index contributed by atoms with van der Waals surface area (Å²) in [5, 5.41) is 6.14. The highest BCUT2D eigenvalue weighted by molar-refractivity contribution is 5.79. The number of carbonyl (C=O) groups is 1. The lowest BCUT2D eigenvalue weighted by Crippen LogP contribution is -2.36. The number of halogens is 3. The van der Waals surface area contributed by atoms with E-state index in [1.807, 2.05) is 0 Å². The third-order valence-electron chi connectivity index (χ3n) is 3.46. The lowest BCUT2D eigenvalue weighted by molar-refractivity contribution is -0.142. The van der Waals surface area contributed by atoms with Gasteiger partial charge in [0.25, 0.3) is 0 Å². The molecule has 0 saturated heterocycles. The zero-order valence-electron chi connectivity index (χ0n) is 10.6. The van der Waals surface area contributed by atoms with Gasteiger partial charge in [-0.2, -0.15) is 18.3 Å². The Bertz CT molecular complexity index is 451. The normalized spacial score (nSPS) is 17.9. The molecule has 0 spiro atoms. The van der Waals surface area contributed by atoms with Gasteiger partial charge in [-0.15, -0.1) is 0 Å². The van der Waals surface area contributed by atoms with Crippen LogP contribution in [0, 0.1) is 5.92 Å². The van der Waals surface area contributed by atoms with Crippen LogP contribution in [0.3, 0.4) is 0 Å². The molecule has 1 saturated carbocycles. The molecular formula is C12H16F3N3O. The Morgan fingerprint density at radius 3 is 2.74 bits per heavy atom. The van der Waals surface area contributed by atoms with Gasteiger partial charge in [0.15, 0.2) is 5.69 Å². The van der Waals surface area contributed by atoms with Crippen molar-refractivity contribution in [2.75, 3.05) is 6.54 Å². The monoisotopic (exact) mass is 275 g/mol. The van der Waals surface area contributed by atoms with Gasteiger partial charge in [0.05, 0.1) is 0 Å². The van der Waals surface area contributed by atoms with E-state index in [0.29, 0.717) is 12.5 Å². The molecule has 1 aliphatic rings. The predicted molar refractivity (Wildman–Crippen MR) is 62.3 cm³/mol. The number of nitrogens with one attached hydrogen (secondary N) is 1. The van der Waals surface area contributed by atoms with Crippen LogP contribution in [0.5, 0.6) is 0 Å². The van der Waals surface area contributed by atoms with Gasteiger partial charge in [-0.25, -0.2) is 0 Å². The number of nitrogens with zero attached hydrogens (tertiary/aromatic N) is 2. The van der Waals surface area contributed by atoms with Crippen molar-refractivity contribution in [3.63, 3.8) is 0 Å². The Hall–Kier alpha value is -1.53. The Morgan fingerprint density at radius 2 is 2.26 bits per heavy atom. The van der Waals surface area contributed by atoms with Gasteiger partial charge in [0, 0.05) is 12.7 Å². The van der Waals surface area contributed by atoms with Crippen LogP contribution in [-0.4, -0.2) is 22.2 Å². The van der Waals surface area contributed by atoms with E-state index in [2.05, 4.69) is 10.4 Å². The van der Waals surface area contributed by atoms with Gasteiger partial charge in [-0.3, -0.25) is 9.48 Å². The van der Waals surface area contributed by atoms with E-state index >= 15 is 0 Å². The lowest BCUT2D eigenvalue weighted by atomic mass is 9.85. The number of amides is 1. The number of rotatable bonds is 4. The Labute approximate surface area is 109 Å². The maximum atomic E-state index is 12.4. The predicted octanol–water partition coefficient (Wildman–Crippen LogP) is 2.38. The van der Waals surface area contributed by atoms with Crippen molar-refractivity contribution in [3.05, 3.63) is 18.0 Å². The van der Waals surface area contributed by atoms with E-state index < -0.39 is 17.9 Å². The smallest absolute Gasteiger partial charge is 0.354 e. The van der Waals surface area contributed by atoms with Gasteiger partial charge < -0.3 is 5.32 Å². The fourth-order valence-electron chi connectivity index (χ4n) is 1.91. The van der Waals surface area contributed by atoms with Crippen LogP contribution in [0.2, 0.25) is 0 Å². The molecule has 1 N–H and O–H groups in total. The average molecular weight is 275 g/mol. The second-order valence-corrected chi connectivity index (χ2v) is 4.90. The Morgan fingerprint density at radius 1 is 1.58 bits per heavy atom. The van der Waals surface area contributed by atoms with Gasteiger partial charge >= 0.3 is 6.18 Å². The minimum atomic E-state index is -4.48. The highest BCUT2D eigenvalue weighted by atomic mass is 19.4. The first kappa shape index (κ1) is 13.9. The third-order valence-corrected chi connectivity index (χ3v) is 3.46. The molecule has 0 radical (unpaired) electrons. The zero-order chi connectivity index (χ0) is 14.0.